The van der Waals surface area contributed by atoms with Crippen LogP contribution in [0, 0.1) is 24.6 Å². The summed E-state index contributed by atoms with van der Waals surface area (Å²) in [6.45, 7) is 6.19. The number of halogens is 1. The summed E-state index contributed by atoms with van der Waals surface area (Å²) in [5, 5.41) is 4.22. The van der Waals surface area contributed by atoms with Gasteiger partial charge in [-0.25, -0.2) is 4.39 Å². The molecule has 1 saturated carbocycles. The van der Waals surface area contributed by atoms with Crippen LogP contribution in [0.5, 0.6) is 0 Å². The molecule has 3 atom stereocenters. The van der Waals surface area contributed by atoms with E-state index in [-0.39, 0.29) is 17.4 Å². The van der Waals surface area contributed by atoms with Crippen LogP contribution in [0.3, 0.4) is 0 Å². The number of thiocarbonyl (C=S) groups is 1. The van der Waals surface area contributed by atoms with Gasteiger partial charge >= 0.3 is 5.91 Å². The summed E-state index contributed by atoms with van der Waals surface area (Å²) < 4.78 is 19.2. The Morgan fingerprint density at radius 3 is 2.77 bits per heavy atom. The lowest BCUT2D eigenvalue weighted by atomic mass is 9.78. The van der Waals surface area contributed by atoms with Crippen LogP contribution in [0.25, 0.3) is 11.0 Å². The summed E-state index contributed by atoms with van der Waals surface area (Å²) in [5.74, 6) is 0.245. The van der Waals surface area contributed by atoms with Gasteiger partial charge in [-0.1, -0.05) is 38.8 Å². The number of hydrogen-bond acceptors (Lipinski definition) is 3. The number of aryl methyl sites for hydroxylation is 1. The second kappa shape index (κ2) is 7.61. The minimum absolute atomic E-state index is 0.0695. The predicted molar refractivity (Wildman–Crippen MR) is 103 cm³/mol. The van der Waals surface area contributed by atoms with Crippen LogP contribution < -0.4 is 16.2 Å². The van der Waals surface area contributed by atoms with Crippen molar-refractivity contribution >= 4 is 34.2 Å². The van der Waals surface area contributed by atoms with E-state index < -0.39 is 11.7 Å². The molecule has 1 amide bonds. The Hall–Kier alpha value is -2.15. The molecule has 1 aromatic carbocycles. The van der Waals surface area contributed by atoms with Gasteiger partial charge in [0.1, 0.15) is 0 Å². The van der Waals surface area contributed by atoms with Crippen molar-refractivity contribution in [2.24, 2.45) is 11.8 Å². The quantitative estimate of drug-likeness (QED) is 0.549. The first-order valence-corrected chi connectivity index (χ1v) is 9.33. The third-order valence-electron chi connectivity index (χ3n) is 5.43. The van der Waals surface area contributed by atoms with Crippen LogP contribution in [0.1, 0.15) is 49.2 Å². The third-order valence-corrected chi connectivity index (χ3v) is 5.65. The summed E-state index contributed by atoms with van der Waals surface area (Å²) in [6.07, 6.45) is 3.46. The van der Waals surface area contributed by atoms with E-state index in [0.29, 0.717) is 27.9 Å². The largest absolute Gasteiger partial charge is 0.447 e. The van der Waals surface area contributed by atoms with E-state index in [1.165, 1.54) is 18.9 Å². The fraction of sp³-hybridized carbons (Fsp3) is 0.474. The third kappa shape index (κ3) is 3.67. The van der Waals surface area contributed by atoms with E-state index in [1.54, 1.807) is 19.1 Å². The summed E-state index contributed by atoms with van der Waals surface area (Å²) in [4.78, 5) is 12.4. The van der Waals surface area contributed by atoms with Crippen LogP contribution in [0.2, 0.25) is 0 Å². The number of nitrogens with one attached hydrogen (secondary N) is 3. The van der Waals surface area contributed by atoms with E-state index in [4.69, 9.17) is 16.6 Å². The van der Waals surface area contributed by atoms with E-state index in [2.05, 4.69) is 30.0 Å². The Bertz CT molecular complexity index is 836. The molecule has 1 aliphatic carbocycles. The highest BCUT2D eigenvalue weighted by atomic mass is 32.1. The molecule has 26 heavy (non-hydrogen) atoms. The summed E-state index contributed by atoms with van der Waals surface area (Å²) in [6, 6.07) is 4.90. The van der Waals surface area contributed by atoms with Crippen LogP contribution in [0.4, 0.5) is 4.39 Å². The molecule has 1 aromatic heterocycles. The first-order chi connectivity index (χ1) is 12.4. The lowest BCUT2D eigenvalue weighted by Crippen LogP contribution is -2.52. The number of furan rings is 1. The topological polar surface area (TPSA) is 66.3 Å². The molecule has 140 valence electrons. The van der Waals surface area contributed by atoms with Crippen molar-refractivity contribution in [2.45, 2.75) is 46.1 Å². The van der Waals surface area contributed by atoms with E-state index >= 15 is 0 Å². The van der Waals surface area contributed by atoms with Gasteiger partial charge in [0.05, 0.1) is 0 Å². The zero-order valence-corrected chi connectivity index (χ0v) is 16.0. The zero-order valence-electron chi connectivity index (χ0n) is 15.2. The number of para-hydroxylation sites is 1. The van der Waals surface area contributed by atoms with E-state index in [0.717, 1.165) is 6.42 Å². The molecule has 3 N–H and O–H groups in total. The van der Waals surface area contributed by atoms with Crippen LogP contribution in [0.15, 0.2) is 22.6 Å². The SMILES string of the molecule is Cc1c(C(=O)NNC(=S)N[C@@H]2CCC[C@@H](C)[C@@H]2C)oc2c(F)cccc12. The smallest absolute Gasteiger partial charge is 0.305 e. The predicted octanol–water partition coefficient (Wildman–Crippen LogP) is 3.81. The number of amides is 1. The molecule has 1 heterocycles. The molecule has 2 aromatic rings. The molecule has 0 unspecified atom stereocenters. The van der Waals surface area contributed by atoms with Crippen LogP contribution >= 0.6 is 12.2 Å². The Morgan fingerprint density at radius 1 is 1.27 bits per heavy atom. The van der Waals surface area contributed by atoms with Crippen molar-refractivity contribution < 1.29 is 13.6 Å². The standard InChI is InChI=1S/C19H24FN3O2S/c1-10-6-4-9-15(11(10)2)21-19(26)23-22-18(24)16-12(3)13-7-5-8-14(20)17(13)25-16/h5,7-8,10-11,15H,4,6,9H2,1-3H3,(H,22,24)(H2,21,23,26)/t10-,11+,15-/m1/s1. The number of fused-ring (bicyclic) bond motifs is 1. The number of carbonyl (C=O) groups excluding carboxylic acids is 1. The molecule has 0 aliphatic heterocycles. The molecule has 1 fully saturated rings. The monoisotopic (exact) mass is 377 g/mol. The average molecular weight is 377 g/mol. The van der Waals surface area contributed by atoms with Gasteiger partial charge < -0.3 is 9.73 Å². The minimum Gasteiger partial charge on any atom is -0.447 e. The molecule has 3 rings (SSSR count). The van der Waals surface area contributed by atoms with Crippen LogP contribution in [-0.2, 0) is 0 Å². The van der Waals surface area contributed by atoms with Gasteiger partial charge in [0, 0.05) is 17.0 Å². The molecule has 0 saturated heterocycles. The molecule has 0 radical (unpaired) electrons. The lowest BCUT2D eigenvalue weighted by molar-refractivity contribution is 0.0916. The molecule has 5 nitrogen and oxygen atoms in total. The first kappa shape index (κ1) is 18.6. The average Bonchev–Trinajstić information content (AvgIpc) is 2.95. The lowest BCUT2D eigenvalue weighted by Gasteiger charge is -2.35. The number of hydrazine groups is 1. The summed E-state index contributed by atoms with van der Waals surface area (Å²) >= 11 is 5.29. The second-order valence-electron chi connectivity index (χ2n) is 7.10. The Kier molecular flexibility index (Phi) is 5.46. The molecule has 7 heteroatoms. The normalized spacial score (nSPS) is 22.8. The molecular weight excluding hydrogens is 353 g/mol. The number of carbonyl (C=O) groups is 1. The Labute approximate surface area is 157 Å². The van der Waals surface area contributed by atoms with Gasteiger partial charge in [-0.05, 0) is 43.5 Å². The van der Waals surface area contributed by atoms with Crippen molar-refractivity contribution in [3.05, 3.63) is 35.3 Å². The minimum atomic E-state index is -0.493. The van der Waals surface area contributed by atoms with Crippen molar-refractivity contribution in [3.63, 3.8) is 0 Å². The highest BCUT2D eigenvalue weighted by molar-refractivity contribution is 7.80. The van der Waals surface area contributed by atoms with Crippen molar-refractivity contribution in [3.8, 4) is 0 Å². The summed E-state index contributed by atoms with van der Waals surface area (Å²) in [7, 11) is 0. The fourth-order valence-electron chi connectivity index (χ4n) is 3.59. The molecular formula is C19H24FN3O2S. The number of benzene rings is 1. The molecule has 0 spiro atoms. The molecule has 1 aliphatic rings. The molecule has 0 bridgehead atoms. The number of rotatable bonds is 2. The maximum atomic E-state index is 13.8. The van der Waals surface area contributed by atoms with Gasteiger partial charge in [-0.3, -0.25) is 15.6 Å². The number of hydrogen-bond donors (Lipinski definition) is 3. The second-order valence-corrected chi connectivity index (χ2v) is 7.51. The van der Waals surface area contributed by atoms with Gasteiger partial charge in [0.2, 0.25) is 0 Å². The fourth-order valence-corrected chi connectivity index (χ4v) is 3.79. The van der Waals surface area contributed by atoms with Gasteiger partial charge in [-0.2, -0.15) is 0 Å². The van der Waals surface area contributed by atoms with Gasteiger partial charge in [0.15, 0.2) is 22.3 Å². The van der Waals surface area contributed by atoms with Crippen molar-refractivity contribution in [1.82, 2.24) is 16.2 Å². The van der Waals surface area contributed by atoms with E-state index in [9.17, 15) is 9.18 Å². The maximum Gasteiger partial charge on any atom is 0.305 e. The maximum absolute atomic E-state index is 13.8. The first-order valence-electron chi connectivity index (χ1n) is 8.93. The van der Waals surface area contributed by atoms with E-state index in [1.807, 2.05) is 0 Å². The summed E-state index contributed by atoms with van der Waals surface area (Å²) in [5.41, 5.74) is 5.92. The van der Waals surface area contributed by atoms with Gasteiger partial charge in [0.25, 0.3) is 0 Å². The Morgan fingerprint density at radius 2 is 2.04 bits per heavy atom. The van der Waals surface area contributed by atoms with Crippen LogP contribution in [-0.4, -0.2) is 17.1 Å². The van der Waals surface area contributed by atoms with Crippen molar-refractivity contribution in [2.75, 3.05) is 0 Å². The zero-order chi connectivity index (χ0) is 18.8. The van der Waals surface area contributed by atoms with Gasteiger partial charge in [-0.15, -0.1) is 0 Å². The highest BCUT2D eigenvalue weighted by Gasteiger charge is 2.27. The van der Waals surface area contributed by atoms with Crippen molar-refractivity contribution in [1.29, 1.82) is 0 Å². The Balaban J connectivity index is 1.61. The highest BCUT2D eigenvalue weighted by Crippen LogP contribution is 2.29.